The van der Waals surface area contributed by atoms with E-state index in [0.29, 0.717) is 19.6 Å². The summed E-state index contributed by atoms with van der Waals surface area (Å²) in [7, 11) is 1.75. The summed E-state index contributed by atoms with van der Waals surface area (Å²) in [6, 6.07) is 18.1. The van der Waals surface area contributed by atoms with Crippen LogP contribution in [0.5, 0.6) is 0 Å². The van der Waals surface area contributed by atoms with E-state index in [9.17, 15) is 14.4 Å². The number of hydrazine groups is 1. The van der Waals surface area contributed by atoms with Crippen molar-refractivity contribution in [3.05, 3.63) is 71.8 Å². The van der Waals surface area contributed by atoms with E-state index < -0.39 is 12.2 Å². The van der Waals surface area contributed by atoms with Gasteiger partial charge in [0.25, 0.3) is 0 Å². The van der Waals surface area contributed by atoms with Gasteiger partial charge < -0.3 is 15.1 Å². The molecule has 0 unspecified atom stereocenters. The summed E-state index contributed by atoms with van der Waals surface area (Å²) in [4.78, 5) is 43.9. The number of amides is 4. The van der Waals surface area contributed by atoms with Gasteiger partial charge in [0.15, 0.2) is 0 Å². The van der Waals surface area contributed by atoms with Crippen LogP contribution in [0, 0.1) is 0 Å². The van der Waals surface area contributed by atoms with Gasteiger partial charge in [-0.1, -0.05) is 93.3 Å². The molecule has 2 heterocycles. The van der Waals surface area contributed by atoms with Gasteiger partial charge in [-0.25, -0.2) is 14.8 Å². The number of carbonyl (C=O) groups is 3. The van der Waals surface area contributed by atoms with Crippen LogP contribution in [0.3, 0.4) is 0 Å². The van der Waals surface area contributed by atoms with Crippen molar-refractivity contribution in [3.63, 3.8) is 0 Å². The number of piperazine rings is 1. The maximum absolute atomic E-state index is 13.7. The predicted molar refractivity (Wildman–Crippen MR) is 138 cm³/mol. The number of nitrogens with zero attached hydrogens (tertiary/aromatic N) is 4. The van der Waals surface area contributed by atoms with E-state index >= 15 is 0 Å². The second-order valence-electron chi connectivity index (χ2n) is 9.60. The van der Waals surface area contributed by atoms with Crippen LogP contribution in [-0.4, -0.2) is 70.5 Å². The number of hydrogen-bond donors (Lipinski definition) is 1. The quantitative estimate of drug-likeness (QED) is 0.542. The summed E-state index contributed by atoms with van der Waals surface area (Å²) < 4.78 is 0. The molecule has 0 bridgehead atoms. The Morgan fingerprint density at radius 2 is 1.61 bits per heavy atom. The number of likely N-dealkylation sites (N-methyl/N-ethyl adjacent to an activating group) is 1. The van der Waals surface area contributed by atoms with Crippen LogP contribution in [0.15, 0.2) is 60.7 Å². The molecular weight excluding hydrogens is 454 g/mol. The van der Waals surface area contributed by atoms with Crippen LogP contribution in [0.25, 0.3) is 0 Å². The number of unbranched alkanes of at least 4 members (excludes halogenated alkanes) is 4. The lowest BCUT2D eigenvalue weighted by molar-refractivity contribution is -0.187. The Morgan fingerprint density at radius 3 is 2.31 bits per heavy atom. The summed E-state index contributed by atoms with van der Waals surface area (Å²) in [5, 5.41) is 6.27. The number of nitrogens with one attached hydrogen (secondary N) is 1. The number of carbonyl (C=O) groups excluding carboxylic acids is 3. The molecule has 2 aliphatic rings. The maximum Gasteiger partial charge on any atom is 0.334 e. The Hall–Kier alpha value is -3.39. The van der Waals surface area contributed by atoms with Crippen LogP contribution < -0.4 is 5.32 Å². The zero-order valence-corrected chi connectivity index (χ0v) is 21.3. The first-order valence-corrected chi connectivity index (χ1v) is 13.0. The Kier molecular flexibility index (Phi) is 8.59. The minimum atomic E-state index is -0.744. The van der Waals surface area contributed by atoms with E-state index in [-0.39, 0.29) is 24.4 Å². The van der Waals surface area contributed by atoms with Crippen molar-refractivity contribution in [2.24, 2.45) is 0 Å². The first-order valence-electron chi connectivity index (χ1n) is 13.0. The SMILES string of the molecule is CCCCCCCN1C[C@H]2N(C(=O)CN(C)N2C(=O)NCc2ccccc2)[C@@H](c2ccccc2)C1=O. The Morgan fingerprint density at radius 1 is 0.944 bits per heavy atom. The first-order chi connectivity index (χ1) is 17.5. The lowest BCUT2D eigenvalue weighted by atomic mass is 9.98. The van der Waals surface area contributed by atoms with Crippen LogP contribution in [-0.2, 0) is 16.1 Å². The van der Waals surface area contributed by atoms with Crippen molar-refractivity contribution in [1.82, 2.24) is 25.1 Å². The largest absolute Gasteiger partial charge is 0.337 e. The van der Waals surface area contributed by atoms with Gasteiger partial charge >= 0.3 is 6.03 Å². The van der Waals surface area contributed by atoms with Gasteiger partial charge in [-0.2, -0.15) is 0 Å². The Bertz CT molecular complexity index is 1030. The van der Waals surface area contributed by atoms with Crippen LogP contribution in [0.2, 0.25) is 0 Å². The van der Waals surface area contributed by atoms with E-state index in [2.05, 4.69) is 12.2 Å². The second-order valence-corrected chi connectivity index (χ2v) is 9.60. The molecule has 4 amide bonds. The van der Waals surface area contributed by atoms with E-state index in [1.807, 2.05) is 65.6 Å². The topological polar surface area (TPSA) is 76.2 Å². The molecule has 0 aromatic heterocycles. The molecule has 2 aliphatic heterocycles. The second kappa shape index (κ2) is 12.0. The molecule has 1 N–H and O–H groups in total. The summed E-state index contributed by atoms with van der Waals surface area (Å²) in [6.07, 6.45) is 4.88. The third kappa shape index (κ3) is 5.70. The molecule has 2 aromatic rings. The summed E-state index contributed by atoms with van der Waals surface area (Å²) in [6.45, 7) is 3.51. The van der Waals surface area contributed by atoms with Gasteiger partial charge in [-0.15, -0.1) is 0 Å². The Labute approximate surface area is 213 Å². The van der Waals surface area contributed by atoms with Crippen molar-refractivity contribution in [2.75, 3.05) is 26.7 Å². The molecule has 8 nitrogen and oxygen atoms in total. The summed E-state index contributed by atoms with van der Waals surface area (Å²) in [5.74, 6) is -0.227. The van der Waals surface area contributed by atoms with Gasteiger partial charge in [-0.05, 0) is 17.5 Å². The molecule has 4 rings (SSSR count). The highest BCUT2D eigenvalue weighted by Gasteiger charge is 2.51. The van der Waals surface area contributed by atoms with Gasteiger partial charge in [0.05, 0.1) is 13.1 Å². The number of urea groups is 1. The van der Waals surface area contributed by atoms with Gasteiger partial charge in [0, 0.05) is 20.1 Å². The highest BCUT2D eigenvalue weighted by atomic mass is 16.2. The van der Waals surface area contributed by atoms with E-state index in [4.69, 9.17) is 0 Å². The maximum atomic E-state index is 13.7. The van der Waals surface area contributed by atoms with Crippen LogP contribution >= 0.6 is 0 Å². The molecule has 2 saturated heterocycles. The zero-order valence-electron chi connectivity index (χ0n) is 21.3. The molecule has 0 radical (unpaired) electrons. The number of benzene rings is 2. The standard InChI is InChI=1S/C28H37N5O3/c1-3-4-5-6-13-18-31-20-24-32(26(27(31)35)23-16-11-8-12-17-23)25(34)21-30(2)33(24)28(36)29-19-22-14-9-7-10-15-22/h7-12,14-17,24,26H,3-6,13,18-21H2,1-2H3,(H,29,36)/t24-,26-/m0/s1. The van der Waals surface area contributed by atoms with Crippen molar-refractivity contribution in [3.8, 4) is 0 Å². The highest BCUT2D eigenvalue weighted by Crippen LogP contribution is 2.34. The van der Waals surface area contributed by atoms with Gasteiger partial charge in [0.1, 0.15) is 12.2 Å². The molecule has 36 heavy (non-hydrogen) atoms. The van der Waals surface area contributed by atoms with Crippen LogP contribution in [0.1, 0.15) is 56.2 Å². The zero-order chi connectivity index (χ0) is 25.5. The summed E-state index contributed by atoms with van der Waals surface area (Å²) >= 11 is 0. The molecule has 2 fully saturated rings. The Balaban J connectivity index is 1.58. The number of hydrogen-bond acceptors (Lipinski definition) is 4. The molecule has 2 atom stereocenters. The minimum Gasteiger partial charge on any atom is -0.337 e. The third-order valence-electron chi connectivity index (χ3n) is 6.97. The molecule has 2 aromatic carbocycles. The average molecular weight is 492 g/mol. The van der Waals surface area contributed by atoms with Gasteiger partial charge in [0.2, 0.25) is 11.8 Å². The average Bonchev–Trinajstić information content (AvgIpc) is 2.89. The molecule has 0 spiro atoms. The first kappa shape index (κ1) is 25.7. The molecule has 8 heteroatoms. The normalized spacial score (nSPS) is 20.4. The van der Waals surface area contributed by atoms with Crippen LogP contribution in [0.4, 0.5) is 4.79 Å². The summed E-state index contributed by atoms with van der Waals surface area (Å²) in [5.41, 5.74) is 1.76. The molecule has 0 saturated carbocycles. The fourth-order valence-corrected chi connectivity index (χ4v) is 5.12. The lowest BCUT2D eigenvalue weighted by Crippen LogP contribution is -2.73. The minimum absolute atomic E-state index is 0.0306. The van der Waals surface area contributed by atoms with Crippen molar-refractivity contribution in [2.45, 2.75) is 57.8 Å². The molecule has 0 aliphatic carbocycles. The van der Waals surface area contributed by atoms with Gasteiger partial charge in [-0.3, -0.25) is 9.59 Å². The lowest BCUT2D eigenvalue weighted by Gasteiger charge is -2.54. The van der Waals surface area contributed by atoms with Crippen molar-refractivity contribution >= 4 is 17.8 Å². The monoisotopic (exact) mass is 491 g/mol. The van der Waals surface area contributed by atoms with E-state index in [0.717, 1.165) is 36.8 Å². The molecule has 192 valence electrons. The molecular formula is C28H37N5O3. The highest BCUT2D eigenvalue weighted by molar-refractivity contribution is 5.92. The fourth-order valence-electron chi connectivity index (χ4n) is 5.12. The number of rotatable bonds is 9. The van der Waals surface area contributed by atoms with Crippen molar-refractivity contribution in [1.29, 1.82) is 0 Å². The fraction of sp³-hybridized carbons (Fsp3) is 0.464. The van der Waals surface area contributed by atoms with Crippen molar-refractivity contribution < 1.29 is 14.4 Å². The predicted octanol–water partition coefficient (Wildman–Crippen LogP) is 3.77. The van der Waals surface area contributed by atoms with E-state index in [1.54, 1.807) is 22.0 Å². The third-order valence-corrected chi connectivity index (χ3v) is 6.97. The smallest absolute Gasteiger partial charge is 0.334 e. The van der Waals surface area contributed by atoms with E-state index in [1.165, 1.54) is 6.42 Å². The number of fused-ring (bicyclic) bond motifs is 1.